The van der Waals surface area contributed by atoms with E-state index < -0.39 is 0 Å². The Labute approximate surface area is 74.5 Å². The smallest absolute Gasteiger partial charge is 0.132 e. The molecule has 1 aliphatic rings. The van der Waals surface area contributed by atoms with Crippen molar-refractivity contribution in [2.24, 2.45) is 0 Å². The Morgan fingerprint density at radius 3 is 2.50 bits per heavy atom. The van der Waals surface area contributed by atoms with Crippen LogP contribution >= 0.6 is 0 Å². The second-order valence-electron chi connectivity index (χ2n) is 4.42. The topological polar surface area (TPSA) is 29.5 Å². The van der Waals surface area contributed by atoms with E-state index in [0.29, 0.717) is 6.04 Å². The predicted octanol–water partition coefficient (Wildman–Crippen LogP) is 0.233. The highest BCUT2D eigenvalue weighted by atomic mass is 16.5. The lowest BCUT2D eigenvalue weighted by atomic mass is 10.0. The summed E-state index contributed by atoms with van der Waals surface area (Å²) in [4.78, 5) is 0. The molecule has 0 aromatic carbocycles. The van der Waals surface area contributed by atoms with Crippen LogP contribution in [0.15, 0.2) is 0 Å². The first-order valence-electron chi connectivity index (χ1n) is 4.59. The molecular formula is C9H20NO2+. The van der Waals surface area contributed by atoms with Gasteiger partial charge in [-0.2, -0.15) is 0 Å². The largest absolute Gasteiger partial charge is 0.393 e. The number of nitrogens with zero attached hydrogens (tertiary/aromatic N) is 1. The number of hydrogen-bond acceptors (Lipinski definition) is 2. The third-order valence-corrected chi connectivity index (χ3v) is 2.58. The van der Waals surface area contributed by atoms with Crippen LogP contribution in [-0.2, 0) is 4.74 Å². The van der Waals surface area contributed by atoms with Crippen LogP contribution in [0.4, 0.5) is 0 Å². The molecule has 0 bridgehead atoms. The van der Waals surface area contributed by atoms with E-state index in [2.05, 4.69) is 21.1 Å². The Hall–Kier alpha value is -0.120. The second kappa shape index (κ2) is 3.73. The van der Waals surface area contributed by atoms with Crippen LogP contribution in [0.1, 0.15) is 12.8 Å². The van der Waals surface area contributed by atoms with Gasteiger partial charge in [0.15, 0.2) is 0 Å². The maximum atomic E-state index is 9.09. The van der Waals surface area contributed by atoms with E-state index >= 15 is 0 Å². The van der Waals surface area contributed by atoms with Gasteiger partial charge in [0.05, 0.1) is 27.7 Å². The SMILES string of the molecule is C[N+](C)(C)C1CCCOC1CO. The Bertz CT molecular complexity index is 142. The molecule has 0 saturated carbocycles. The summed E-state index contributed by atoms with van der Waals surface area (Å²) in [6.07, 6.45) is 2.32. The van der Waals surface area contributed by atoms with Crippen molar-refractivity contribution in [2.45, 2.75) is 25.0 Å². The predicted molar refractivity (Wildman–Crippen MR) is 47.9 cm³/mol. The fourth-order valence-corrected chi connectivity index (χ4v) is 1.88. The zero-order valence-corrected chi connectivity index (χ0v) is 8.29. The molecule has 2 atom stereocenters. The average molecular weight is 174 g/mol. The van der Waals surface area contributed by atoms with E-state index in [1.54, 1.807) is 0 Å². The maximum Gasteiger partial charge on any atom is 0.132 e. The number of quaternary nitrogens is 1. The molecule has 0 amide bonds. The van der Waals surface area contributed by atoms with E-state index in [0.717, 1.165) is 23.9 Å². The van der Waals surface area contributed by atoms with E-state index in [1.807, 2.05) is 0 Å². The highest BCUT2D eigenvalue weighted by molar-refractivity contribution is 4.74. The van der Waals surface area contributed by atoms with Crippen LogP contribution < -0.4 is 0 Å². The summed E-state index contributed by atoms with van der Waals surface area (Å²) in [6.45, 7) is 0.960. The lowest BCUT2D eigenvalue weighted by molar-refractivity contribution is -0.901. The number of rotatable bonds is 2. The molecule has 12 heavy (non-hydrogen) atoms. The standard InChI is InChI=1S/C9H20NO2/c1-10(2,3)8-5-4-6-12-9(8)7-11/h8-9,11H,4-7H2,1-3H3/q+1. The van der Waals surface area contributed by atoms with Gasteiger partial charge >= 0.3 is 0 Å². The van der Waals surface area contributed by atoms with Gasteiger partial charge in [-0.25, -0.2) is 0 Å². The average Bonchev–Trinajstić information content (AvgIpc) is 2.03. The fraction of sp³-hybridized carbons (Fsp3) is 1.00. The molecule has 1 fully saturated rings. The molecule has 0 aromatic rings. The van der Waals surface area contributed by atoms with Gasteiger partial charge in [-0.3, -0.25) is 0 Å². The summed E-state index contributed by atoms with van der Waals surface area (Å²) in [7, 11) is 6.46. The summed E-state index contributed by atoms with van der Waals surface area (Å²) < 4.78 is 6.38. The minimum Gasteiger partial charge on any atom is -0.393 e. The summed E-state index contributed by atoms with van der Waals surface area (Å²) in [5.41, 5.74) is 0. The van der Waals surface area contributed by atoms with E-state index in [4.69, 9.17) is 9.84 Å². The van der Waals surface area contributed by atoms with Gasteiger partial charge in [0.25, 0.3) is 0 Å². The Balaban J connectivity index is 2.59. The van der Waals surface area contributed by atoms with Crippen molar-refractivity contribution in [1.82, 2.24) is 0 Å². The molecule has 1 rings (SSSR count). The molecule has 1 saturated heterocycles. The third kappa shape index (κ3) is 2.19. The molecule has 0 aromatic heterocycles. The molecule has 1 aliphatic heterocycles. The van der Waals surface area contributed by atoms with Gasteiger partial charge in [0.1, 0.15) is 12.1 Å². The first kappa shape index (κ1) is 9.96. The minimum absolute atomic E-state index is 0.0405. The Kier molecular flexibility index (Phi) is 3.09. The molecule has 2 unspecified atom stereocenters. The number of likely N-dealkylation sites (N-methyl/N-ethyl adjacent to an activating group) is 1. The normalized spacial score (nSPS) is 32.0. The number of hydrogen-bond donors (Lipinski definition) is 1. The van der Waals surface area contributed by atoms with Gasteiger partial charge in [-0.05, 0) is 6.42 Å². The molecule has 1 N–H and O–H groups in total. The van der Waals surface area contributed by atoms with Crippen molar-refractivity contribution in [1.29, 1.82) is 0 Å². The number of ether oxygens (including phenoxy) is 1. The highest BCUT2D eigenvalue weighted by Gasteiger charge is 2.35. The van der Waals surface area contributed by atoms with Crippen molar-refractivity contribution in [3.8, 4) is 0 Å². The van der Waals surface area contributed by atoms with Crippen LogP contribution in [0.5, 0.6) is 0 Å². The monoisotopic (exact) mass is 174 g/mol. The quantitative estimate of drug-likeness (QED) is 0.607. The van der Waals surface area contributed by atoms with Crippen molar-refractivity contribution in [2.75, 3.05) is 34.4 Å². The summed E-state index contributed by atoms with van der Waals surface area (Å²) in [5, 5.41) is 9.09. The van der Waals surface area contributed by atoms with Crippen LogP contribution in [-0.4, -0.2) is 56.1 Å². The summed E-state index contributed by atoms with van der Waals surface area (Å²) in [6, 6.07) is 0.448. The fourth-order valence-electron chi connectivity index (χ4n) is 1.88. The van der Waals surface area contributed by atoms with Crippen molar-refractivity contribution in [3.05, 3.63) is 0 Å². The van der Waals surface area contributed by atoms with Crippen LogP contribution in [0.2, 0.25) is 0 Å². The molecule has 72 valence electrons. The van der Waals surface area contributed by atoms with Crippen LogP contribution in [0.25, 0.3) is 0 Å². The first-order chi connectivity index (χ1) is 5.55. The van der Waals surface area contributed by atoms with E-state index in [-0.39, 0.29) is 12.7 Å². The number of aliphatic hydroxyl groups is 1. The molecule has 0 aliphatic carbocycles. The first-order valence-corrected chi connectivity index (χ1v) is 4.59. The van der Waals surface area contributed by atoms with Gasteiger partial charge < -0.3 is 14.3 Å². The Morgan fingerprint density at radius 1 is 1.42 bits per heavy atom. The summed E-state index contributed by atoms with van der Waals surface area (Å²) in [5.74, 6) is 0. The van der Waals surface area contributed by atoms with Crippen LogP contribution in [0.3, 0.4) is 0 Å². The molecule has 1 heterocycles. The minimum atomic E-state index is 0.0405. The van der Waals surface area contributed by atoms with Crippen molar-refractivity contribution < 1.29 is 14.3 Å². The summed E-state index contributed by atoms with van der Waals surface area (Å²) >= 11 is 0. The van der Waals surface area contributed by atoms with Crippen molar-refractivity contribution in [3.63, 3.8) is 0 Å². The van der Waals surface area contributed by atoms with Gasteiger partial charge in [0, 0.05) is 13.0 Å². The highest BCUT2D eigenvalue weighted by Crippen LogP contribution is 2.21. The zero-order valence-electron chi connectivity index (χ0n) is 8.29. The second-order valence-corrected chi connectivity index (χ2v) is 4.42. The van der Waals surface area contributed by atoms with Crippen LogP contribution in [0, 0.1) is 0 Å². The van der Waals surface area contributed by atoms with Gasteiger partial charge in [0.2, 0.25) is 0 Å². The van der Waals surface area contributed by atoms with E-state index in [9.17, 15) is 0 Å². The van der Waals surface area contributed by atoms with Gasteiger partial charge in [-0.1, -0.05) is 0 Å². The van der Waals surface area contributed by atoms with E-state index in [1.165, 1.54) is 0 Å². The zero-order chi connectivity index (χ0) is 9.19. The molecule has 0 spiro atoms. The third-order valence-electron chi connectivity index (χ3n) is 2.58. The lowest BCUT2D eigenvalue weighted by Crippen LogP contribution is -2.55. The maximum absolute atomic E-state index is 9.09. The molecular weight excluding hydrogens is 154 g/mol. The van der Waals surface area contributed by atoms with Crippen molar-refractivity contribution >= 4 is 0 Å². The van der Waals surface area contributed by atoms with Gasteiger partial charge in [-0.15, -0.1) is 0 Å². The molecule has 3 heteroatoms. The Morgan fingerprint density at radius 2 is 2.08 bits per heavy atom. The number of aliphatic hydroxyl groups excluding tert-OH is 1. The lowest BCUT2D eigenvalue weighted by Gasteiger charge is -2.40. The molecule has 0 radical (unpaired) electrons. The molecule has 3 nitrogen and oxygen atoms in total.